The molecule has 1 heterocycles. The third-order valence-electron chi connectivity index (χ3n) is 2.16. The molecule has 1 aromatic carbocycles. The summed E-state index contributed by atoms with van der Waals surface area (Å²) in [6, 6.07) is 5.58. The van der Waals surface area contributed by atoms with Gasteiger partial charge in [0.05, 0.1) is 5.02 Å². The molecule has 4 nitrogen and oxygen atoms in total. The Labute approximate surface area is 120 Å². The average Bonchev–Trinajstić information content (AvgIpc) is 2.35. The van der Waals surface area contributed by atoms with Gasteiger partial charge in [0.25, 0.3) is 0 Å². The summed E-state index contributed by atoms with van der Waals surface area (Å²) in [6.45, 7) is 0. The molecule has 1 aromatic heterocycles. The highest BCUT2D eigenvalue weighted by Crippen LogP contribution is 2.31. The summed E-state index contributed by atoms with van der Waals surface area (Å²) >= 11 is 8.75. The number of carboxylic acid groups (broad SMARTS) is 1. The maximum atomic E-state index is 13.7. The lowest BCUT2D eigenvalue weighted by Crippen LogP contribution is -2.03. The number of hydrogen-bond acceptors (Lipinski definition) is 3. The number of ether oxygens (including phenoxy) is 1. The molecule has 7 heteroatoms. The second-order valence-electron chi connectivity index (χ2n) is 3.46. The molecule has 0 aliphatic heterocycles. The zero-order valence-corrected chi connectivity index (χ0v) is 11.6. The normalized spacial score (nSPS) is 10.3. The van der Waals surface area contributed by atoms with E-state index in [9.17, 15) is 9.18 Å². The molecule has 1 N–H and O–H groups in total. The molecule has 0 atom stereocenters. The van der Waals surface area contributed by atoms with Crippen LogP contribution in [0.4, 0.5) is 4.39 Å². The first-order chi connectivity index (χ1) is 8.99. The van der Waals surface area contributed by atoms with Gasteiger partial charge in [-0.3, -0.25) is 0 Å². The van der Waals surface area contributed by atoms with E-state index in [1.165, 1.54) is 30.5 Å². The summed E-state index contributed by atoms with van der Waals surface area (Å²) in [5, 5.41) is 8.87. The van der Waals surface area contributed by atoms with Gasteiger partial charge in [-0.05, 0) is 34.1 Å². The van der Waals surface area contributed by atoms with Gasteiger partial charge in [-0.2, -0.15) is 0 Å². The molecule has 2 aromatic rings. The fourth-order valence-electron chi connectivity index (χ4n) is 1.34. The van der Waals surface area contributed by atoms with E-state index in [4.69, 9.17) is 21.4 Å². The van der Waals surface area contributed by atoms with Crippen LogP contribution in [0.2, 0.25) is 5.02 Å². The molecule has 2 rings (SSSR count). The van der Waals surface area contributed by atoms with Crippen LogP contribution in [0.15, 0.2) is 34.9 Å². The third-order valence-corrected chi connectivity index (χ3v) is 2.88. The smallest absolute Gasteiger partial charge is 0.358 e. The van der Waals surface area contributed by atoms with E-state index in [0.717, 1.165) is 0 Å². The van der Waals surface area contributed by atoms with Crippen molar-refractivity contribution in [2.24, 2.45) is 0 Å². The van der Waals surface area contributed by atoms with Gasteiger partial charge in [-0.25, -0.2) is 14.2 Å². The van der Waals surface area contributed by atoms with E-state index in [1.807, 2.05) is 0 Å². The molecule has 0 fully saturated rings. The van der Waals surface area contributed by atoms with E-state index >= 15 is 0 Å². The first kappa shape index (κ1) is 13.8. The van der Waals surface area contributed by atoms with Crippen molar-refractivity contribution < 1.29 is 19.0 Å². The lowest BCUT2D eigenvalue weighted by molar-refractivity contribution is 0.0687. The Morgan fingerprint density at radius 3 is 2.84 bits per heavy atom. The van der Waals surface area contributed by atoms with Crippen molar-refractivity contribution in [2.75, 3.05) is 0 Å². The predicted molar refractivity (Wildman–Crippen MR) is 70.4 cm³/mol. The summed E-state index contributed by atoms with van der Waals surface area (Å²) < 4.78 is 19.4. The highest BCUT2D eigenvalue weighted by molar-refractivity contribution is 9.10. The SMILES string of the molecule is O=C(O)c1ncc(Br)cc1Oc1cccc(Cl)c1F. The molecule has 0 bridgehead atoms. The number of halogens is 3. The summed E-state index contributed by atoms with van der Waals surface area (Å²) in [7, 11) is 0. The fraction of sp³-hybridized carbons (Fsp3) is 0. The van der Waals surface area contributed by atoms with Crippen LogP contribution < -0.4 is 4.74 Å². The van der Waals surface area contributed by atoms with Crippen molar-refractivity contribution in [3.8, 4) is 11.5 Å². The first-order valence-electron chi connectivity index (χ1n) is 4.99. The Kier molecular flexibility index (Phi) is 4.01. The molecular formula is C12H6BrClFNO3. The summed E-state index contributed by atoms with van der Waals surface area (Å²) in [4.78, 5) is 14.7. The molecular weight excluding hydrogens is 340 g/mol. The molecule has 0 radical (unpaired) electrons. The Balaban J connectivity index is 2.45. The maximum absolute atomic E-state index is 13.7. The van der Waals surface area contributed by atoms with Crippen LogP contribution in [-0.4, -0.2) is 16.1 Å². The van der Waals surface area contributed by atoms with Crippen LogP contribution in [0.25, 0.3) is 0 Å². The van der Waals surface area contributed by atoms with Crippen molar-refractivity contribution in [1.29, 1.82) is 0 Å². The van der Waals surface area contributed by atoms with Gasteiger partial charge < -0.3 is 9.84 Å². The van der Waals surface area contributed by atoms with Gasteiger partial charge in [-0.15, -0.1) is 0 Å². The Bertz CT molecular complexity index is 651. The summed E-state index contributed by atoms with van der Waals surface area (Å²) in [5.74, 6) is -2.29. The Morgan fingerprint density at radius 1 is 1.42 bits per heavy atom. The number of carboxylic acids is 1. The number of hydrogen-bond donors (Lipinski definition) is 1. The van der Waals surface area contributed by atoms with Crippen LogP contribution in [-0.2, 0) is 0 Å². The van der Waals surface area contributed by atoms with E-state index in [2.05, 4.69) is 20.9 Å². The number of rotatable bonds is 3. The van der Waals surface area contributed by atoms with E-state index < -0.39 is 11.8 Å². The molecule has 0 saturated heterocycles. The highest BCUT2D eigenvalue weighted by atomic mass is 79.9. The zero-order valence-electron chi connectivity index (χ0n) is 9.23. The topological polar surface area (TPSA) is 59.4 Å². The molecule has 0 aliphatic carbocycles. The number of benzene rings is 1. The Morgan fingerprint density at radius 2 is 2.16 bits per heavy atom. The number of nitrogens with zero attached hydrogens (tertiary/aromatic N) is 1. The molecule has 0 saturated carbocycles. The minimum absolute atomic E-state index is 0.0805. The first-order valence-corrected chi connectivity index (χ1v) is 6.17. The number of aromatic nitrogens is 1. The van der Waals surface area contributed by atoms with Crippen molar-refractivity contribution in [3.05, 3.63) is 51.5 Å². The van der Waals surface area contributed by atoms with Crippen molar-refractivity contribution in [1.82, 2.24) is 4.98 Å². The third kappa shape index (κ3) is 3.02. The van der Waals surface area contributed by atoms with Gasteiger partial charge in [0.2, 0.25) is 0 Å². The van der Waals surface area contributed by atoms with E-state index in [0.29, 0.717) is 4.47 Å². The number of carbonyl (C=O) groups is 1. The van der Waals surface area contributed by atoms with Gasteiger partial charge in [0, 0.05) is 10.7 Å². The van der Waals surface area contributed by atoms with E-state index in [1.54, 1.807) is 0 Å². The standard InChI is InChI=1S/C12H6BrClFNO3/c13-6-4-9(11(12(17)18)16-5-6)19-8-3-1-2-7(14)10(8)15/h1-5H,(H,17,18). The summed E-state index contributed by atoms with van der Waals surface area (Å²) in [5.41, 5.74) is -0.317. The zero-order chi connectivity index (χ0) is 14.0. The molecule has 98 valence electrons. The Hall–Kier alpha value is -1.66. The van der Waals surface area contributed by atoms with E-state index in [-0.39, 0.29) is 22.2 Å². The van der Waals surface area contributed by atoms with Gasteiger partial charge >= 0.3 is 5.97 Å². The largest absolute Gasteiger partial charge is 0.476 e. The second-order valence-corrected chi connectivity index (χ2v) is 4.78. The van der Waals surface area contributed by atoms with Crippen molar-refractivity contribution in [3.63, 3.8) is 0 Å². The monoisotopic (exact) mass is 345 g/mol. The van der Waals surface area contributed by atoms with Gasteiger partial charge in [-0.1, -0.05) is 17.7 Å². The van der Waals surface area contributed by atoms with Crippen LogP contribution in [0.5, 0.6) is 11.5 Å². The highest BCUT2D eigenvalue weighted by Gasteiger charge is 2.16. The van der Waals surface area contributed by atoms with Gasteiger partial charge in [0.15, 0.2) is 23.0 Å². The molecule has 0 amide bonds. The van der Waals surface area contributed by atoms with Crippen LogP contribution >= 0.6 is 27.5 Å². The summed E-state index contributed by atoms with van der Waals surface area (Å²) in [6.07, 6.45) is 1.31. The quantitative estimate of drug-likeness (QED) is 0.908. The minimum atomic E-state index is -1.27. The van der Waals surface area contributed by atoms with Gasteiger partial charge in [0.1, 0.15) is 0 Å². The van der Waals surface area contributed by atoms with Crippen LogP contribution in [0.1, 0.15) is 10.5 Å². The minimum Gasteiger partial charge on any atom is -0.476 e. The average molecular weight is 347 g/mol. The van der Waals surface area contributed by atoms with Crippen LogP contribution in [0, 0.1) is 5.82 Å². The molecule has 0 spiro atoms. The van der Waals surface area contributed by atoms with Crippen LogP contribution in [0.3, 0.4) is 0 Å². The lowest BCUT2D eigenvalue weighted by atomic mass is 10.3. The van der Waals surface area contributed by atoms with Crippen molar-refractivity contribution in [2.45, 2.75) is 0 Å². The molecule has 0 aliphatic rings. The number of aromatic carboxylic acids is 1. The van der Waals surface area contributed by atoms with Crippen molar-refractivity contribution >= 4 is 33.5 Å². The molecule has 19 heavy (non-hydrogen) atoms. The predicted octanol–water partition coefficient (Wildman–Crippen LogP) is 4.13. The molecule has 0 unspecified atom stereocenters. The second kappa shape index (κ2) is 5.54. The maximum Gasteiger partial charge on any atom is 0.358 e. The number of pyridine rings is 1. The fourth-order valence-corrected chi connectivity index (χ4v) is 1.82. The lowest BCUT2D eigenvalue weighted by Gasteiger charge is -2.09.